The third-order valence-corrected chi connectivity index (χ3v) is 5.24. The van der Waals surface area contributed by atoms with Gasteiger partial charge in [-0.25, -0.2) is 0 Å². The van der Waals surface area contributed by atoms with Crippen molar-refractivity contribution in [3.05, 3.63) is 46.5 Å². The smallest absolute Gasteiger partial charge is 0.0959 e. The Morgan fingerprint density at radius 2 is 2.04 bits per heavy atom. The molecule has 1 aromatic carbocycles. The Hall–Kier alpha value is -2.24. The van der Waals surface area contributed by atoms with Crippen molar-refractivity contribution >= 4 is 23.5 Å². The molecule has 0 bridgehead atoms. The van der Waals surface area contributed by atoms with Crippen LogP contribution >= 0.6 is 0 Å². The van der Waals surface area contributed by atoms with E-state index in [1.54, 1.807) is 0 Å². The molecule has 1 atom stereocenters. The average Bonchev–Trinajstić information content (AvgIpc) is 2.69. The Bertz CT molecular complexity index is 818. The molecule has 138 valence electrons. The Balaban J connectivity index is 1.64. The zero-order valence-corrected chi connectivity index (χ0v) is 15.4. The van der Waals surface area contributed by atoms with E-state index < -0.39 is 0 Å². The van der Waals surface area contributed by atoms with Crippen LogP contribution in [0.4, 0.5) is 5.69 Å². The van der Waals surface area contributed by atoms with Crippen LogP contribution < -0.4 is 37.0 Å². The van der Waals surface area contributed by atoms with Gasteiger partial charge in [-0.1, -0.05) is 19.1 Å². The first kappa shape index (κ1) is 17.2. The van der Waals surface area contributed by atoms with E-state index in [4.69, 9.17) is 0 Å². The van der Waals surface area contributed by atoms with Crippen LogP contribution in [-0.4, -0.2) is 38.4 Å². The molecule has 0 amide bonds. The highest BCUT2D eigenvalue weighted by Crippen LogP contribution is 2.19. The summed E-state index contributed by atoms with van der Waals surface area (Å²) in [7, 11) is 0. The molecule has 4 rings (SSSR count). The highest BCUT2D eigenvalue weighted by Gasteiger charge is 2.15. The zero-order chi connectivity index (χ0) is 17.8. The Morgan fingerprint density at radius 1 is 1.15 bits per heavy atom. The lowest BCUT2D eigenvalue weighted by Gasteiger charge is -2.26. The summed E-state index contributed by atoms with van der Waals surface area (Å²) in [5.74, 6) is 0. The molecular formula is C21H29N5. The van der Waals surface area contributed by atoms with Crippen LogP contribution in [-0.2, 0) is 0 Å². The molecule has 1 unspecified atom stereocenters. The molecule has 0 aromatic heterocycles. The molecule has 0 saturated carbocycles. The Morgan fingerprint density at radius 3 is 2.81 bits per heavy atom. The van der Waals surface area contributed by atoms with Crippen LogP contribution in [0.3, 0.4) is 0 Å². The summed E-state index contributed by atoms with van der Waals surface area (Å²) in [6, 6.07) is 5.13. The van der Waals surface area contributed by atoms with Crippen LogP contribution in [0, 0.1) is 0 Å². The molecule has 0 spiro atoms. The van der Waals surface area contributed by atoms with E-state index in [0.717, 1.165) is 26.2 Å². The molecule has 5 heteroatoms. The molecule has 5 nitrogen and oxygen atoms in total. The molecule has 0 aliphatic carbocycles. The quantitative estimate of drug-likeness (QED) is 0.532. The van der Waals surface area contributed by atoms with Gasteiger partial charge in [0.25, 0.3) is 0 Å². The molecule has 1 saturated heterocycles. The summed E-state index contributed by atoms with van der Waals surface area (Å²) >= 11 is 0. The second kappa shape index (κ2) is 7.98. The molecule has 3 aliphatic heterocycles. The van der Waals surface area contributed by atoms with Crippen molar-refractivity contribution in [3.8, 4) is 0 Å². The maximum atomic E-state index is 3.80. The number of fused-ring (bicyclic) bond motifs is 1. The van der Waals surface area contributed by atoms with Gasteiger partial charge in [0.2, 0.25) is 0 Å². The first-order valence-electron chi connectivity index (χ1n) is 9.77. The molecular weight excluding hydrogens is 322 g/mol. The van der Waals surface area contributed by atoms with E-state index in [0.29, 0.717) is 6.04 Å². The van der Waals surface area contributed by atoms with Gasteiger partial charge in [-0.2, -0.15) is 0 Å². The summed E-state index contributed by atoms with van der Waals surface area (Å²) in [6.07, 6.45) is 13.5. The fourth-order valence-corrected chi connectivity index (χ4v) is 3.82. The van der Waals surface area contributed by atoms with Gasteiger partial charge < -0.3 is 21.3 Å². The first-order valence-corrected chi connectivity index (χ1v) is 9.77. The first-order chi connectivity index (χ1) is 12.8. The number of hydrogen-bond acceptors (Lipinski definition) is 5. The van der Waals surface area contributed by atoms with Crippen LogP contribution in [0.25, 0.3) is 17.8 Å². The number of piperidine rings is 1. The summed E-state index contributed by atoms with van der Waals surface area (Å²) in [5.41, 5.74) is 3.71. The lowest BCUT2D eigenvalue weighted by molar-refractivity contribution is 0.479. The summed E-state index contributed by atoms with van der Waals surface area (Å²) in [6.45, 7) is 6.15. The highest BCUT2D eigenvalue weighted by molar-refractivity contribution is 5.77. The van der Waals surface area contributed by atoms with Gasteiger partial charge in [0.1, 0.15) is 0 Å². The van der Waals surface area contributed by atoms with Gasteiger partial charge in [-0.15, -0.1) is 0 Å². The standard InChI is InChI=1S/C21H29N5/c1-2-24-21-4-3-16(13-25-21)17-11-15-5-8-23-14-19(15)20(12-17)26-18-6-9-22-10-7-18/h3-5,11-14,18,21-26H,2,6-10H2,1H3. The minimum Gasteiger partial charge on any atom is -0.387 e. The second-order valence-electron chi connectivity index (χ2n) is 7.11. The normalized spacial score (nSPS) is 22.2. The number of hydrogen-bond donors (Lipinski definition) is 5. The largest absolute Gasteiger partial charge is 0.387 e. The summed E-state index contributed by atoms with van der Waals surface area (Å²) in [4.78, 5) is 0. The number of nitrogens with one attached hydrogen (secondary N) is 5. The summed E-state index contributed by atoms with van der Waals surface area (Å²) < 4.78 is 0. The molecule has 26 heavy (non-hydrogen) atoms. The van der Waals surface area contributed by atoms with E-state index in [2.05, 4.69) is 76.3 Å². The number of dihydropyridines is 1. The molecule has 3 aliphatic rings. The van der Waals surface area contributed by atoms with E-state index in [1.807, 2.05) is 0 Å². The van der Waals surface area contributed by atoms with E-state index >= 15 is 0 Å². The van der Waals surface area contributed by atoms with Crippen LogP contribution in [0.2, 0.25) is 0 Å². The minimum absolute atomic E-state index is 0.220. The Kier molecular flexibility index (Phi) is 5.27. The SMILES string of the molecule is CCNC1C=CC(c2cc(NC3CCNCC3)c3c(c2)=CCNC=3)=CN1. The molecule has 3 heterocycles. The number of anilines is 1. The number of likely N-dealkylation sites (N-methyl/N-ethyl adjacent to an activating group) is 1. The van der Waals surface area contributed by atoms with Gasteiger partial charge in [0.05, 0.1) is 6.17 Å². The predicted octanol–water partition coefficient (Wildman–Crippen LogP) is 0.408. The zero-order valence-electron chi connectivity index (χ0n) is 15.4. The second-order valence-corrected chi connectivity index (χ2v) is 7.11. The van der Waals surface area contributed by atoms with Crippen LogP contribution in [0.1, 0.15) is 25.3 Å². The fourth-order valence-electron chi connectivity index (χ4n) is 3.82. The third kappa shape index (κ3) is 3.79. The monoisotopic (exact) mass is 351 g/mol. The van der Waals surface area contributed by atoms with Crippen molar-refractivity contribution in [1.82, 2.24) is 21.3 Å². The van der Waals surface area contributed by atoms with Crippen molar-refractivity contribution in [1.29, 1.82) is 0 Å². The topological polar surface area (TPSA) is 60.1 Å². The maximum absolute atomic E-state index is 3.80. The predicted molar refractivity (Wildman–Crippen MR) is 110 cm³/mol. The van der Waals surface area contributed by atoms with Gasteiger partial charge in [0, 0.05) is 35.9 Å². The molecule has 0 radical (unpaired) electrons. The van der Waals surface area contributed by atoms with Gasteiger partial charge in [-0.3, -0.25) is 5.32 Å². The molecule has 5 N–H and O–H groups in total. The van der Waals surface area contributed by atoms with Crippen molar-refractivity contribution < 1.29 is 0 Å². The summed E-state index contributed by atoms with van der Waals surface area (Å²) in [5, 5.41) is 20.0. The molecule has 1 fully saturated rings. The Labute approximate surface area is 155 Å². The molecule has 1 aromatic rings. The number of benzene rings is 1. The van der Waals surface area contributed by atoms with Crippen LogP contribution in [0.15, 0.2) is 30.5 Å². The van der Waals surface area contributed by atoms with Gasteiger partial charge >= 0.3 is 0 Å². The van der Waals surface area contributed by atoms with Crippen molar-refractivity contribution in [2.45, 2.75) is 32.0 Å². The fraction of sp³-hybridized carbons (Fsp3) is 0.429. The van der Waals surface area contributed by atoms with Gasteiger partial charge in [-0.05, 0) is 67.0 Å². The van der Waals surface area contributed by atoms with Crippen molar-refractivity contribution in [3.63, 3.8) is 0 Å². The highest BCUT2D eigenvalue weighted by atomic mass is 15.1. The number of allylic oxidation sites excluding steroid dienone is 2. The number of rotatable bonds is 5. The lowest BCUT2D eigenvalue weighted by Crippen LogP contribution is -2.40. The van der Waals surface area contributed by atoms with Crippen molar-refractivity contribution in [2.24, 2.45) is 0 Å². The van der Waals surface area contributed by atoms with E-state index in [-0.39, 0.29) is 6.17 Å². The van der Waals surface area contributed by atoms with E-state index in [1.165, 1.54) is 40.1 Å². The van der Waals surface area contributed by atoms with Crippen LogP contribution in [0.5, 0.6) is 0 Å². The van der Waals surface area contributed by atoms with Crippen molar-refractivity contribution in [2.75, 3.05) is 31.5 Å². The average molecular weight is 351 g/mol. The van der Waals surface area contributed by atoms with E-state index in [9.17, 15) is 0 Å². The lowest BCUT2D eigenvalue weighted by atomic mass is 9.99. The van der Waals surface area contributed by atoms with Gasteiger partial charge in [0.15, 0.2) is 0 Å². The third-order valence-electron chi connectivity index (χ3n) is 5.24. The maximum Gasteiger partial charge on any atom is 0.0959 e. The minimum atomic E-state index is 0.220.